The van der Waals surface area contributed by atoms with Gasteiger partial charge in [0.1, 0.15) is 19.8 Å². The molecule has 1 unspecified atom stereocenters. The van der Waals surface area contributed by atoms with Crippen LogP contribution in [0.1, 0.15) is 16.6 Å². The number of hydrogen-bond donors (Lipinski definition) is 1. The first kappa shape index (κ1) is 20.3. The summed E-state index contributed by atoms with van der Waals surface area (Å²) < 4.78 is 38.6. The Kier molecular flexibility index (Phi) is 5.46. The van der Waals surface area contributed by atoms with E-state index in [1.54, 1.807) is 37.6 Å². The number of fused-ring (bicyclic) bond motifs is 1. The number of ether oxygens (including phenoxy) is 2. The third-order valence-electron chi connectivity index (χ3n) is 4.22. The largest absolute Gasteiger partial charge is 0.341 e. The van der Waals surface area contributed by atoms with Crippen molar-refractivity contribution in [2.45, 2.75) is 12.5 Å². The SMILES string of the molecule is CP(C)(=O)COC1C=C(F)[C@H](n2cnc3c(NC(=O)c4ccccc4)ncnc32)O1. The summed E-state index contributed by atoms with van der Waals surface area (Å²) in [6.45, 7) is 3.15. The zero-order chi connectivity index (χ0) is 21.3. The number of nitrogens with one attached hydrogen (secondary N) is 1. The predicted octanol–water partition coefficient (Wildman–Crippen LogP) is 3.38. The highest BCUT2D eigenvalue weighted by molar-refractivity contribution is 7.62. The van der Waals surface area contributed by atoms with Crippen LogP contribution in [0, 0.1) is 0 Å². The van der Waals surface area contributed by atoms with E-state index in [2.05, 4.69) is 20.3 Å². The Bertz CT molecular complexity index is 1160. The van der Waals surface area contributed by atoms with Crippen LogP contribution in [0.15, 0.2) is 54.9 Å². The first-order valence-electron chi connectivity index (χ1n) is 9.04. The summed E-state index contributed by atoms with van der Waals surface area (Å²) in [5.41, 5.74) is 1.02. The molecule has 0 fully saturated rings. The predicted molar refractivity (Wildman–Crippen MR) is 108 cm³/mol. The van der Waals surface area contributed by atoms with E-state index in [9.17, 15) is 13.8 Å². The van der Waals surface area contributed by atoms with Gasteiger partial charge in [0.05, 0.1) is 6.33 Å². The maximum atomic E-state index is 14.5. The van der Waals surface area contributed by atoms with E-state index in [1.165, 1.54) is 23.3 Å². The van der Waals surface area contributed by atoms with Crippen molar-refractivity contribution >= 4 is 30.0 Å². The second kappa shape index (κ2) is 8.06. The molecule has 1 amide bonds. The number of halogens is 1. The van der Waals surface area contributed by atoms with Gasteiger partial charge in [0.2, 0.25) is 0 Å². The van der Waals surface area contributed by atoms with Gasteiger partial charge in [0.15, 0.2) is 35.3 Å². The molecule has 11 heteroatoms. The highest BCUT2D eigenvalue weighted by Crippen LogP contribution is 2.38. The van der Waals surface area contributed by atoms with Crippen molar-refractivity contribution in [1.29, 1.82) is 0 Å². The van der Waals surface area contributed by atoms with E-state index in [0.29, 0.717) is 5.56 Å². The maximum Gasteiger partial charge on any atom is 0.256 e. The summed E-state index contributed by atoms with van der Waals surface area (Å²) in [7, 11) is -2.44. The molecule has 1 aliphatic rings. The molecule has 1 N–H and O–H groups in total. The molecule has 0 saturated heterocycles. The summed E-state index contributed by atoms with van der Waals surface area (Å²) in [4.78, 5) is 24.9. The van der Waals surface area contributed by atoms with Gasteiger partial charge in [0.25, 0.3) is 5.91 Å². The molecule has 3 heterocycles. The van der Waals surface area contributed by atoms with Crippen molar-refractivity contribution in [2.75, 3.05) is 25.0 Å². The molecular weight excluding hydrogens is 412 g/mol. The number of benzene rings is 1. The number of carbonyl (C=O) groups is 1. The van der Waals surface area contributed by atoms with Crippen LogP contribution in [-0.4, -0.2) is 51.4 Å². The lowest BCUT2D eigenvalue weighted by atomic mass is 10.2. The molecule has 0 bridgehead atoms. The fourth-order valence-electron chi connectivity index (χ4n) is 2.87. The zero-order valence-corrected chi connectivity index (χ0v) is 17.1. The summed E-state index contributed by atoms with van der Waals surface area (Å²) in [5, 5.41) is 2.69. The Hall–Kier alpha value is -2.94. The van der Waals surface area contributed by atoms with Gasteiger partial charge in [-0.25, -0.2) is 19.3 Å². The molecule has 2 atom stereocenters. The Morgan fingerprint density at radius 2 is 2.03 bits per heavy atom. The number of nitrogens with zero attached hydrogens (tertiary/aromatic N) is 4. The molecule has 1 aromatic carbocycles. The molecule has 156 valence electrons. The molecule has 1 aliphatic heterocycles. The molecule has 0 aliphatic carbocycles. The third kappa shape index (κ3) is 4.30. The average Bonchev–Trinajstić information content (AvgIpc) is 3.30. The first-order valence-corrected chi connectivity index (χ1v) is 11.8. The zero-order valence-electron chi connectivity index (χ0n) is 16.2. The number of aromatic nitrogens is 4. The molecule has 4 rings (SSSR count). The number of rotatable bonds is 6. The van der Waals surface area contributed by atoms with Crippen LogP contribution in [0.4, 0.5) is 10.2 Å². The minimum absolute atomic E-state index is 0.0311. The molecule has 0 saturated carbocycles. The average molecular weight is 431 g/mol. The van der Waals surface area contributed by atoms with Gasteiger partial charge in [-0.3, -0.25) is 9.36 Å². The van der Waals surface area contributed by atoms with Crippen molar-refractivity contribution in [1.82, 2.24) is 19.5 Å². The van der Waals surface area contributed by atoms with Gasteiger partial charge in [0, 0.05) is 11.6 Å². The molecule has 3 aromatic rings. The molecule has 30 heavy (non-hydrogen) atoms. The molecule has 0 spiro atoms. The summed E-state index contributed by atoms with van der Waals surface area (Å²) in [5.74, 6) is -0.749. The fourth-order valence-corrected chi connectivity index (χ4v) is 3.37. The normalized spacial score (nSPS) is 19.1. The summed E-state index contributed by atoms with van der Waals surface area (Å²) in [6.07, 6.45) is 1.63. The first-order chi connectivity index (χ1) is 14.3. The Balaban J connectivity index is 1.56. The van der Waals surface area contributed by atoms with Crippen LogP contribution in [0.25, 0.3) is 11.2 Å². The number of hydrogen-bond acceptors (Lipinski definition) is 7. The van der Waals surface area contributed by atoms with E-state index in [0.717, 1.165) is 0 Å². The Morgan fingerprint density at radius 3 is 2.77 bits per heavy atom. The van der Waals surface area contributed by atoms with E-state index >= 15 is 0 Å². The topological polar surface area (TPSA) is 108 Å². The number of carbonyl (C=O) groups excluding carboxylic acids is 1. The van der Waals surface area contributed by atoms with Crippen molar-refractivity contribution in [2.24, 2.45) is 0 Å². The molecular formula is C19H19FN5O4P. The monoisotopic (exact) mass is 431 g/mol. The van der Waals surface area contributed by atoms with E-state index in [1.807, 2.05) is 6.07 Å². The van der Waals surface area contributed by atoms with Crippen LogP contribution in [0.3, 0.4) is 0 Å². The van der Waals surface area contributed by atoms with Crippen LogP contribution in [0.2, 0.25) is 0 Å². The lowest BCUT2D eigenvalue weighted by Crippen LogP contribution is -2.17. The summed E-state index contributed by atoms with van der Waals surface area (Å²) in [6, 6.07) is 8.65. The fraction of sp³-hybridized carbons (Fsp3) is 0.263. The van der Waals surface area contributed by atoms with Gasteiger partial charge >= 0.3 is 0 Å². The Morgan fingerprint density at radius 1 is 1.27 bits per heavy atom. The van der Waals surface area contributed by atoms with Gasteiger partial charge < -0.3 is 19.4 Å². The van der Waals surface area contributed by atoms with Gasteiger partial charge in [-0.1, -0.05) is 18.2 Å². The van der Waals surface area contributed by atoms with Gasteiger partial charge in [-0.2, -0.15) is 0 Å². The van der Waals surface area contributed by atoms with E-state index in [4.69, 9.17) is 9.47 Å². The van der Waals surface area contributed by atoms with E-state index < -0.39 is 25.5 Å². The quantitative estimate of drug-likeness (QED) is 0.596. The highest BCUT2D eigenvalue weighted by atomic mass is 31.2. The summed E-state index contributed by atoms with van der Waals surface area (Å²) >= 11 is 0. The Labute approximate surface area is 171 Å². The smallest absolute Gasteiger partial charge is 0.256 e. The lowest BCUT2D eigenvalue weighted by Gasteiger charge is -2.17. The third-order valence-corrected chi connectivity index (χ3v) is 4.99. The number of amides is 1. The highest BCUT2D eigenvalue weighted by Gasteiger charge is 2.32. The second-order valence-corrected chi connectivity index (χ2v) is 10.6. The van der Waals surface area contributed by atoms with Crippen LogP contribution < -0.4 is 5.32 Å². The van der Waals surface area contributed by atoms with Gasteiger partial charge in [-0.15, -0.1) is 0 Å². The second-order valence-electron chi connectivity index (χ2n) is 7.14. The standard InChI is InChI=1S/C19H19FN5O4P/c1-30(2,27)11-28-14-8-13(20)19(29-14)25-10-23-15-16(21-9-22-17(15)25)24-18(26)12-6-4-3-5-7-12/h3-10,14,19H,11H2,1-2H3,(H,21,22,24,26)/t14?,19-/m1/s1. The molecule has 2 aromatic heterocycles. The van der Waals surface area contributed by atoms with Crippen molar-refractivity contribution in [3.05, 3.63) is 60.5 Å². The van der Waals surface area contributed by atoms with Crippen molar-refractivity contribution < 1.29 is 23.2 Å². The van der Waals surface area contributed by atoms with E-state index in [-0.39, 0.29) is 29.2 Å². The minimum atomic E-state index is -2.44. The van der Waals surface area contributed by atoms with Crippen LogP contribution >= 0.6 is 7.14 Å². The van der Waals surface area contributed by atoms with Gasteiger partial charge in [-0.05, 0) is 25.5 Å². The minimum Gasteiger partial charge on any atom is -0.341 e. The maximum absolute atomic E-state index is 14.5. The van der Waals surface area contributed by atoms with Crippen LogP contribution in [-0.2, 0) is 14.0 Å². The van der Waals surface area contributed by atoms with Crippen molar-refractivity contribution in [3.63, 3.8) is 0 Å². The molecule has 9 nitrogen and oxygen atoms in total. The van der Waals surface area contributed by atoms with Crippen LogP contribution in [0.5, 0.6) is 0 Å². The van der Waals surface area contributed by atoms with Crippen molar-refractivity contribution in [3.8, 4) is 0 Å². The molecule has 0 radical (unpaired) electrons. The lowest BCUT2D eigenvalue weighted by molar-refractivity contribution is -0.128. The number of imidazole rings is 1. The number of anilines is 1.